The number of halogens is 1. The predicted octanol–water partition coefficient (Wildman–Crippen LogP) is 4.90. The summed E-state index contributed by atoms with van der Waals surface area (Å²) in [5.41, 5.74) is 4.01. The number of ether oxygens (including phenoxy) is 3. The number of esters is 1. The molecule has 2 heterocycles. The van der Waals surface area contributed by atoms with Crippen LogP contribution in [0, 0.1) is 6.92 Å². The monoisotopic (exact) mass is 554 g/mol. The van der Waals surface area contributed by atoms with Gasteiger partial charge in [-0.2, -0.15) is 0 Å². The van der Waals surface area contributed by atoms with Crippen LogP contribution in [-0.4, -0.2) is 31.4 Å². The molecule has 0 radical (unpaired) electrons. The van der Waals surface area contributed by atoms with Gasteiger partial charge in [-0.3, -0.25) is 9.36 Å². The van der Waals surface area contributed by atoms with Gasteiger partial charge in [0.05, 0.1) is 36.6 Å². The Hall–Kier alpha value is -3.36. The van der Waals surface area contributed by atoms with E-state index in [0.29, 0.717) is 31.4 Å². The molecule has 0 saturated heterocycles. The molecule has 4 rings (SSSR count). The number of nitrogens with zero attached hydrogens (tertiary/aromatic N) is 2. The molecule has 1 aromatic heterocycles. The Kier molecular flexibility index (Phi) is 8.13. The molecule has 7 nitrogen and oxygen atoms in total. The molecule has 200 valence electrons. The third kappa shape index (κ3) is 5.02. The largest absolute Gasteiger partial charge is 0.496 e. The smallest absolute Gasteiger partial charge is 0.338 e. The molecule has 0 spiro atoms. The fourth-order valence-corrected chi connectivity index (χ4v) is 5.86. The van der Waals surface area contributed by atoms with Crippen LogP contribution in [0.1, 0.15) is 61.9 Å². The molecule has 1 atom stereocenters. The van der Waals surface area contributed by atoms with Crippen LogP contribution >= 0.6 is 22.9 Å². The molecule has 0 fully saturated rings. The number of thiazole rings is 1. The van der Waals surface area contributed by atoms with E-state index in [-0.39, 0.29) is 23.7 Å². The fourth-order valence-electron chi connectivity index (χ4n) is 4.65. The average molecular weight is 555 g/mol. The van der Waals surface area contributed by atoms with Gasteiger partial charge in [0.15, 0.2) is 4.80 Å². The second-order valence-corrected chi connectivity index (χ2v) is 10.7. The molecular formula is C29H31ClN2O5S. The van der Waals surface area contributed by atoms with Gasteiger partial charge in [-0.25, -0.2) is 9.79 Å². The van der Waals surface area contributed by atoms with Crippen LogP contribution in [0.2, 0.25) is 5.02 Å². The Morgan fingerprint density at radius 3 is 2.50 bits per heavy atom. The molecule has 1 aliphatic heterocycles. The molecule has 0 bridgehead atoms. The van der Waals surface area contributed by atoms with Crippen molar-refractivity contribution in [3.05, 3.63) is 88.6 Å². The van der Waals surface area contributed by atoms with Crippen molar-refractivity contribution < 1.29 is 19.0 Å². The van der Waals surface area contributed by atoms with Crippen LogP contribution < -0.4 is 24.4 Å². The number of aryl methyl sites for hydroxylation is 1. The number of carbonyl (C=O) groups is 1. The summed E-state index contributed by atoms with van der Waals surface area (Å²) in [6.07, 6.45) is 1.88. The Bertz CT molecular complexity index is 1620. The minimum atomic E-state index is -0.815. The van der Waals surface area contributed by atoms with Crippen LogP contribution in [0.15, 0.2) is 51.4 Å². The zero-order valence-corrected chi connectivity index (χ0v) is 24.1. The van der Waals surface area contributed by atoms with Crippen LogP contribution in [0.4, 0.5) is 0 Å². The minimum Gasteiger partial charge on any atom is -0.496 e. The summed E-state index contributed by atoms with van der Waals surface area (Å²) in [5, 5.41) is 0.455. The molecule has 0 saturated carbocycles. The second-order valence-electron chi connectivity index (χ2n) is 9.29. The Morgan fingerprint density at radius 1 is 1.16 bits per heavy atom. The van der Waals surface area contributed by atoms with Gasteiger partial charge < -0.3 is 14.2 Å². The number of allylic oxidation sites excluding steroid dienone is 1. The molecule has 3 aromatic rings. The SMILES string of the molecule is CCOC(=O)C1=C(C)N=c2s/c(=C\c3cc(C(C)C)c(OC)cc3C)c(=O)n2[C@H]1c1cc(Cl)ccc1OC. The first-order chi connectivity index (χ1) is 18.1. The minimum absolute atomic E-state index is 0.189. The third-order valence-corrected chi connectivity index (χ3v) is 7.75. The summed E-state index contributed by atoms with van der Waals surface area (Å²) in [4.78, 5) is 32.3. The van der Waals surface area contributed by atoms with E-state index in [2.05, 4.69) is 24.9 Å². The zero-order valence-electron chi connectivity index (χ0n) is 22.5. The quantitative estimate of drug-likeness (QED) is 0.388. The van der Waals surface area contributed by atoms with E-state index in [1.807, 2.05) is 19.1 Å². The van der Waals surface area contributed by atoms with Crippen molar-refractivity contribution in [1.29, 1.82) is 0 Å². The normalized spacial score (nSPS) is 15.4. The van der Waals surface area contributed by atoms with Crippen LogP contribution in [-0.2, 0) is 9.53 Å². The zero-order chi connectivity index (χ0) is 27.7. The molecule has 0 unspecified atom stereocenters. The summed E-state index contributed by atoms with van der Waals surface area (Å²) < 4.78 is 18.6. The van der Waals surface area contributed by atoms with E-state index in [9.17, 15) is 9.59 Å². The lowest BCUT2D eigenvalue weighted by Crippen LogP contribution is -2.40. The maximum Gasteiger partial charge on any atom is 0.338 e. The third-order valence-electron chi connectivity index (χ3n) is 6.53. The van der Waals surface area contributed by atoms with Crippen LogP contribution in [0.25, 0.3) is 6.08 Å². The summed E-state index contributed by atoms with van der Waals surface area (Å²) >= 11 is 7.64. The summed E-state index contributed by atoms with van der Waals surface area (Å²) in [5.74, 6) is 1.02. The Labute approximate surface area is 230 Å². The van der Waals surface area contributed by atoms with Crippen molar-refractivity contribution in [2.45, 2.75) is 46.6 Å². The van der Waals surface area contributed by atoms with Gasteiger partial charge in [0.1, 0.15) is 17.5 Å². The number of carbonyl (C=O) groups excluding carboxylic acids is 1. The fraction of sp³-hybridized carbons (Fsp3) is 0.345. The van der Waals surface area contributed by atoms with Crippen molar-refractivity contribution >= 4 is 35.0 Å². The van der Waals surface area contributed by atoms with Crippen molar-refractivity contribution in [2.24, 2.45) is 4.99 Å². The molecule has 2 aromatic carbocycles. The highest BCUT2D eigenvalue weighted by Gasteiger charge is 2.35. The van der Waals surface area contributed by atoms with Gasteiger partial charge in [-0.05, 0) is 79.8 Å². The standard InChI is InChI=1S/C29H31ClN2O5S/c1-8-37-28(34)25-17(5)31-29-32(26(25)21-14-19(30)9-10-22(21)35-6)27(33)24(38-29)13-18-12-20(15(2)3)23(36-7)11-16(18)4/h9-15,26H,8H2,1-7H3/b24-13-/t26-/m0/s1. The second kappa shape index (κ2) is 11.2. The van der Waals surface area contributed by atoms with Gasteiger partial charge in [0.25, 0.3) is 5.56 Å². The van der Waals surface area contributed by atoms with Crippen molar-refractivity contribution in [3.63, 3.8) is 0 Å². The number of fused-ring (bicyclic) bond motifs is 1. The average Bonchev–Trinajstić information content (AvgIpc) is 3.18. The topological polar surface area (TPSA) is 79.1 Å². The molecule has 38 heavy (non-hydrogen) atoms. The van der Waals surface area contributed by atoms with Crippen molar-refractivity contribution in [1.82, 2.24) is 4.57 Å². The van der Waals surface area contributed by atoms with E-state index in [0.717, 1.165) is 22.4 Å². The summed E-state index contributed by atoms with van der Waals surface area (Å²) in [6.45, 7) is 9.86. The van der Waals surface area contributed by atoms with Crippen molar-refractivity contribution in [3.8, 4) is 11.5 Å². The lowest BCUT2D eigenvalue weighted by molar-refractivity contribution is -0.139. The highest BCUT2D eigenvalue weighted by molar-refractivity contribution is 7.07. The number of hydrogen-bond acceptors (Lipinski definition) is 7. The molecule has 0 N–H and O–H groups in total. The molecule has 0 aliphatic carbocycles. The van der Waals surface area contributed by atoms with Gasteiger partial charge in [-0.15, -0.1) is 0 Å². The maximum atomic E-state index is 14.0. The van der Waals surface area contributed by atoms with E-state index >= 15 is 0 Å². The predicted molar refractivity (Wildman–Crippen MR) is 150 cm³/mol. The lowest BCUT2D eigenvalue weighted by atomic mass is 9.95. The number of hydrogen-bond donors (Lipinski definition) is 0. The molecule has 9 heteroatoms. The van der Waals surface area contributed by atoms with E-state index in [1.54, 1.807) is 39.2 Å². The molecular weight excluding hydrogens is 524 g/mol. The van der Waals surface area contributed by atoms with Crippen molar-refractivity contribution in [2.75, 3.05) is 20.8 Å². The van der Waals surface area contributed by atoms with Crippen LogP contribution in [0.5, 0.6) is 11.5 Å². The van der Waals surface area contributed by atoms with Gasteiger partial charge >= 0.3 is 5.97 Å². The van der Waals surface area contributed by atoms with Crippen LogP contribution in [0.3, 0.4) is 0 Å². The first-order valence-electron chi connectivity index (χ1n) is 12.3. The molecule has 0 amide bonds. The van der Waals surface area contributed by atoms with Gasteiger partial charge in [-0.1, -0.05) is 36.8 Å². The Balaban J connectivity index is 2.01. The first kappa shape index (κ1) is 27.7. The number of methoxy groups -OCH3 is 2. The van der Waals surface area contributed by atoms with E-state index < -0.39 is 12.0 Å². The Morgan fingerprint density at radius 2 is 1.87 bits per heavy atom. The number of benzene rings is 2. The van der Waals surface area contributed by atoms with E-state index in [1.165, 1.54) is 23.0 Å². The van der Waals surface area contributed by atoms with Gasteiger partial charge in [0.2, 0.25) is 0 Å². The highest BCUT2D eigenvalue weighted by Crippen LogP contribution is 2.37. The van der Waals surface area contributed by atoms with Gasteiger partial charge in [0, 0.05) is 10.6 Å². The highest BCUT2D eigenvalue weighted by atomic mass is 35.5. The lowest BCUT2D eigenvalue weighted by Gasteiger charge is -2.26. The number of rotatable bonds is 7. The first-order valence-corrected chi connectivity index (χ1v) is 13.5. The maximum absolute atomic E-state index is 14.0. The number of aromatic nitrogens is 1. The molecule has 1 aliphatic rings. The summed E-state index contributed by atoms with van der Waals surface area (Å²) in [6, 6.07) is 8.37. The summed E-state index contributed by atoms with van der Waals surface area (Å²) in [7, 11) is 3.20. The van der Waals surface area contributed by atoms with E-state index in [4.69, 9.17) is 25.8 Å².